The summed E-state index contributed by atoms with van der Waals surface area (Å²) in [5.74, 6) is -1.13. The van der Waals surface area contributed by atoms with Gasteiger partial charge in [-0.1, -0.05) is 0 Å². The predicted molar refractivity (Wildman–Crippen MR) is 81.3 cm³/mol. The van der Waals surface area contributed by atoms with Crippen molar-refractivity contribution in [3.8, 4) is 0 Å². The molecule has 0 aromatic heterocycles. The summed E-state index contributed by atoms with van der Waals surface area (Å²) >= 11 is 0. The van der Waals surface area contributed by atoms with Gasteiger partial charge in [-0.2, -0.15) is 0 Å². The first-order chi connectivity index (χ1) is 10.1. The van der Waals surface area contributed by atoms with Gasteiger partial charge in [-0.05, 0) is 53.5 Å². The van der Waals surface area contributed by atoms with Crippen molar-refractivity contribution >= 4 is 18.0 Å². The molecule has 0 saturated heterocycles. The summed E-state index contributed by atoms with van der Waals surface area (Å²) in [4.78, 5) is 34.6. The van der Waals surface area contributed by atoms with Crippen LogP contribution in [0.1, 0.15) is 47.0 Å². The molecule has 0 radical (unpaired) electrons. The molecule has 0 bridgehead atoms. The van der Waals surface area contributed by atoms with E-state index in [-0.39, 0.29) is 0 Å². The molecule has 8 nitrogen and oxygen atoms in total. The Labute approximate surface area is 130 Å². The van der Waals surface area contributed by atoms with Gasteiger partial charge in [0, 0.05) is 0 Å². The van der Waals surface area contributed by atoms with E-state index in [0.29, 0.717) is 25.8 Å². The molecule has 22 heavy (non-hydrogen) atoms. The van der Waals surface area contributed by atoms with E-state index in [9.17, 15) is 14.4 Å². The van der Waals surface area contributed by atoms with Crippen LogP contribution >= 0.6 is 0 Å². The van der Waals surface area contributed by atoms with Crippen molar-refractivity contribution in [2.45, 2.75) is 64.6 Å². The largest absolute Gasteiger partial charge is 0.465 e. The predicted octanol–water partition coefficient (Wildman–Crippen LogP) is 0.598. The number of carboxylic acid groups (broad SMARTS) is 1. The quantitative estimate of drug-likeness (QED) is 0.383. The van der Waals surface area contributed by atoms with E-state index in [2.05, 4.69) is 10.6 Å². The Kier molecular flexibility index (Phi) is 8.47. The minimum absolute atomic E-state index is 0.316. The summed E-state index contributed by atoms with van der Waals surface area (Å²) in [5.41, 5.74) is 4.72. The Morgan fingerprint density at radius 1 is 1.18 bits per heavy atom. The number of esters is 1. The Bertz CT molecular complexity index is 392. The topological polar surface area (TPSA) is 131 Å². The molecule has 5 N–H and O–H groups in total. The fourth-order valence-corrected chi connectivity index (χ4v) is 1.67. The lowest BCUT2D eigenvalue weighted by molar-refractivity contribution is -0.158. The Hall–Kier alpha value is -1.83. The molecule has 8 heteroatoms. The molecule has 2 atom stereocenters. The van der Waals surface area contributed by atoms with Crippen molar-refractivity contribution in [1.82, 2.24) is 10.6 Å². The summed E-state index contributed by atoms with van der Waals surface area (Å²) in [5, 5.41) is 13.4. The lowest BCUT2D eigenvalue weighted by atomic mass is 10.1. The molecular formula is C14H27N3O5. The number of nitrogens with two attached hydrogens (primary N) is 1. The molecule has 0 saturated carbocycles. The second-order valence-electron chi connectivity index (χ2n) is 6.05. The Balaban J connectivity index is 4.58. The van der Waals surface area contributed by atoms with Crippen molar-refractivity contribution in [3.05, 3.63) is 0 Å². The Morgan fingerprint density at radius 2 is 1.77 bits per heavy atom. The van der Waals surface area contributed by atoms with Crippen LogP contribution in [0.25, 0.3) is 0 Å². The van der Waals surface area contributed by atoms with Crippen LogP contribution < -0.4 is 16.4 Å². The van der Waals surface area contributed by atoms with Crippen LogP contribution in [0.3, 0.4) is 0 Å². The molecular weight excluding hydrogens is 290 g/mol. The van der Waals surface area contributed by atoms with Gasteiger partial charge in [0.2, 0.25) is 5.91 Å². The summed E-state index contributed by atoms with van der Waals surface area (Å²) in [7, 11) is 0. The SMILES string of the molecule is C[C@H](NC(=O)[C@H](CCCCN)NC(=O)O)C(=O)OC(C)(C)C. The van der Waals surface area contributed by atoms with E-state index in [0.717, 1.165) is 0 Å². The van der Waals surface area contributed by atoms with E-state index in [4.69, 9.17) is 15.6 Å². The number of unbranched alkanes of at least 4 members (excludes halogenated alkanes) is 1. The highest BCUT2D eigenvalue weighted by Crippen LogP contribution is 2.09. The molecule has 128 valence electrons. The van der Waals surface area contributed by atoms with Crippen LogP contribution in [0.5, 0.6) is 0 Å². The van der Waals surface area contributed by atoms with E-state index >= 15 is 0 Å². The van der Waals surface area contributed by atoms with Gasteiger partial charge < -0.3 is 26.2 Å². The highest BCUT2D eigenvalue weighted by Gasteiger charge is 2.26. The van der Waals surface area contributed by atoms with Gasteiger partial charge in [0.25, 0.3) is 0 Å². The number of ether oxygens (including phenoxy) is 1. The number of carbonyl (C=O) groups is 3. The molecule has 0 unspecified atom stereocenters. The normalized spacial score (nSPS) is 13.9. The van der Waals surface area contributed by atoms with Crippen LogP contribution in [-0.4, -0.2) is 47.3 Å². The van der Waals surface area contributed by atoms with Gasteiger partial charge in [0.05, 0.1) is 0 Å². The summed E-state index contributed by atoms with van der Waals surface area (Å²) < 4.78 is 5.15. The molecule has 0 aliphatic rings. The van der Waals surface area contributed by atoms with Crippen LogP contribution in [0.4, 0.5) is 4.79 Å². The van der Waals surface area contributed by atoms with Crippen LogP contribution in [0.2, 0.25) is 0 Å². The number of hydrogen-bond donors (Lipinski definition) is 4. The smallest absolute Gasteiger partial charge is 0.405 e. The van der Waals surface area contributed by atoms with E-state index in [1.54, 1.807) is 20.8 Å². The maximum absolute atomic E-state index is 12.1. The molecule has 0 heterocycles. The van der Waals surface area contributed by atoms with Gasteiger partial charge in [-0.25, -0.2) is 9.59 Å². The number of nitrogens with one attached hydrogen (secondary N) is 2. The van der Waals surface area contributed by atoms with Crippen molar-refractivity contribution in [1.29, 1.82) is 0 Å². The molecule has 0 aliphatic carbocycles. The van der Waals surface area contributed by atoms with Gasteiger partial charge in [0.15, 0.2) is 0 Å². The third kappa shape index (κ3) is 9.17. The Morgan fingerprint density at radius 3 is 2.23 bits per heavy atom. The van der Waals surface area contributed by atoms with Crippen LogP contribution in [0.15, 0.2) is 0 Å². The van der Waals surface area contributed by atoms with Crippen molar-refractivity contribution < 1.29 is 24.2 Å². The summed E-state index contributed by atoms with van der Waals surface area (Å²) in [6.45, 7) is 7.13. The highest BCUT2D eigenvalue weighted by molar-refractivity contribution is 5.89. The zero-order valence-electron chi connectivity index (χ0n) is 13.6. The standard InChI is InChI=1S/C14H27N3O5/c1-9(12(19)22-14(2,3)4)16-11(18)10(17-13(20)21)7-5-6-8-15/h9-10,17H,5-8,15H2,1-4H3,(H,16,18)(H,20,21)/t9-,10-/m0/s1. The maximum Gasteiger partial charge on any atom is 0.405 e. The maximum atomic E-state index is 12.1. The van der Waals surface area contributed by atoms with Crippen molar-refractivity contribution in [3.63, 3.8) is 0 Å². The number of hydrogen-bond acceptors (Lipinski definition) is 5. The van der Waals surface area contributed by atoms with Crippen molar-refractivity contribution in [2.75, 3.05) is 6.54 Å². The average molecular weight is 317 g/mol. The minimum Gasteiger partial charge on any atom is -0.465 e. The first-order valence-corrected chi connectivity index (χ1v) is 7.29. The van der Waals surface area contributed by atoms with Crippen LogP contribution in [0, 0.1) is 0 Å². The van der Waals surface area contributed by atoms with Gasteiger partial charge in [-0.15, -0.1) is 0 Å². The number of rotatable bonds is 8. The van der Waals surface area contributed by atoms with E-state index in [1.807, 2.05) is 0 Å². The first kappa shape index (κ1) is 20.2. The van der Waals surface area contributed by atoms with Gasteiger partial charge in [0.1, 0.15) is 17.7 Å². The molecule has 0 aromatic rings. The van der Waals surface area contributed by atoms with Gasteiger partial charge in [-0.3, -0.25) is 4.79 Å². The van der Waals surface area contributed by atoms with Crippen molar-refractivity contribution in [2.24, 2.45) is 5.73 Å². The third-order valence-corrected chi connectivity index (χ3v) is 2.68. The van der Waals surface area contributed by atoms with E-state index in [1.165, 1.54) is 6.92 Å². The highest BCUT2D eigenvalue weighted by atomic mass is 16.6. The molecule has 0 rings (SSSR count). The lowest BCUT2D eigenvalue weighted by Gasteiger charge is -2.24. The monoisotopic (exact) mass is 317 g/mol. The first-order valence-electron chi connectivity index (χ1n) is 7.29. The van der Waals surface area contributed by atoms with Gasteiger partial charge >= 0.3 is 12.1 Å². The lowest BCUT2D eigenvalue weighted by Crippen LogP contribution is -2.51. The number of amides is 2. The number of carbonyl (C=O) groups excluding carboxylic acids is 2. The minimum atomic E-state index is -1.29. The summed E-state index contributed by atoms with van der Waals surface area (Å²) in [6.07, 6.45) is 0.316. The second kappa shape index (κ2) is 9.24. The second-order valence-corrected chi connectivity index (χ2v) is 6.05. The fourth-order valence-electron chi connectivity index (χ4n) is 1.67. The molecule has 0 aromatic carbocycles. The van der Waals surface area contributed by atoms with Crippen LogP contribution in [-0.2, 0) is 14.3 Å². The molecule has 0 aliphatic heterocycles. The third-order valence-electron chi connectivity index (χ3n) is 2.68. The molecule has 2 amide bonds. The van der Waals surface area contributed by atoms with E-state index < -0.39 is 35.7 Å². The molecule has 0 spiro atoms. The summed E-state index contributed by atoms with van der Waals surface area (Å²) in [6, 6.07) is -1.78. The zero-order valence-corrected chi connectivity index (χ0v) is 13.6. The molecule has 0 fully saturated rings. The average Bonchev–Trinajstić information content (AvgIpc) is 2.35. The zero-order chi connectivity index (χ0) is 17.3. The fraction of sp³-hybridized carbons (Fsp3) is 0.786.